The molecule has 0 spiro atoms. The molecule has 0 aliphatic carbocycles. The number of aliphatic hydroxyl groups is 2. The molecule has 0 amide bonds. The Balaban J connectivity index is 0.000000891. The molecule has 2 heterocycles. The average molecular weight is 342 g/mol. The fourth-order valence-corrected chi connectivity index (χ4v) is 2.34. The van der Waals surface area contributed by atoms with E-state index in [-0.39, 0.29) is 31.5 Å². The van der Waals surface area contributed by atoms with Crippen LogP contribution in [0, 0.1) is 5.92 Å². The van der Waals surface area contributed by atoms with Gasteiger partial charge in [-0.05, 0) is 13.0 Å². The molecule has 1 fully saturated rings. The van der Waals surface area contributed by atoms with Gasteiger partial charge in [-0.2, -0.15) is 0 Å². The molecule has 0 unspecified atom stereocenters. The van der Waals surface area contributed by atoms with Gasteiger partial charge in [0.2, 0.25) is 5.95 Å². The monoisotopic (exact) mass is 342 g/mol. The van der Waals surface area contributed by atoms with Crippen LogP contribution in [-0.4, -0.2) is 80.1 Å². The molecule has 2 rings (SSSR count). The molecule has 5 N–H and O–H groups in total. The number of carboxylic acids is 1. The molecule has 1 aromatic heterocycles. The zero-order chi connectivity index (χ0) is 17.9. The first-order chi connectivity index (χ1) is 11.5. The van der Waals surface area contributed by atoms with Gasteiger partial charge in [0.1, 0.15) is 6.54 Å². The molecule has 0 aromatic carbocycles. The lowest BCUT2D eigenvalue weighted by atomic mass is 9.94. The van der Waals surface area contributed by atoms with E-state index in [9.17, 15) is 9.90 Å². The third kappa shape index (κ3) is 6.86. The summed E-state index contributed by atoms with van der Waals surface area (Å²) in [5, 5.41) is 37.0. The minimum absolute atomic E-state index is 0.0159. The van der Waals surface area contributed by atoms with Crippen molar-refractivity contribution in [3.63, 3.8) is 0 Å². The van der Waals surface area contributed by atoms with Gasteiger partial charge in [0, 0.05) is 43.6 Å². The van der Waals surface area contributed by atoms with E-state index in [4.69, 9.17) is 20.1 Å². The third-order valence-corrected chi connectivity index (χ3v) is 3.55. The van der Waals surface area contributed by atoms with Crippen molar-refractivity contribution in [2.75, 3.05) is 31.6 Å². The molecule has 2 atom stereocenters. The van der Waals surface area contributed by atoms with Crippen LogP contribution in [0.1, 0.15) is 12.0 Å². The van der Waals surface area contributed by atoms with E-state index in [0.29, 0.717) is 13.1 Å². The number of nitrogens with one attached hydrogen (secondary N) is 1. The molecule has 134 valence electrons. The number of aliphatic carboxylic acids is 1. The van der Waals surface area contributed by atoms with Gasteiger partial charge >= 0.3 is 5.97 Å². The molecule has 1 aliphatic heterocycles. The molecule has 1 aliphatic rings. The topological polar surface area (TPSA) is 156 Å². The van der Waals surface area contributed by atoms with Gasteiger partial charge in [-0.25, -0.2) is 9.97 Å². The van der Waals surface area contributed by atoms with E-state index in [2.05, 4.69) is 20.2 Å². The third-order valence-electron chi connectivity index (χ3n) is 3.55. The van der Waals surface area contributed by atoms with E-state index < -0.39 is 12.1 Å². The summed E-state index contributed by atoms with van der Waals surface area (Å²) in [5.74, 6) is -0.733. The van der Waals surface area contributed by atoms with Crippen LogP contribution < -0.4 is 5.32 Å². The van der Waals surface area contributed by atoms with Gasteiger partial charge in [-0.15, -0.1) is 0 Å². The number of carbonyl (C=O) groups is 2. The average Bonchev–Trinajstić information content (AvgIpc) is 2.55. The zero-order valence-electron chi connectivity index (χ0n) is 13.1. The molecule has 0 saturated carbocycles. The molecular weight excluding hydrogens is 320 g/mol. The van der Waals surface area contributed by atoms with E-state index in [1.165, 1.54) is 0 Å². The van der Waals surface area contributed by atoms with E-state index in [1.54, 1.807) is 12.4 Å². The fraction of sp³-hybridized carbons (Fsp3) is 0.571. The van der Waals surface area contributed by atoms with Crippen molar-refractivity contribution in [1.82, 2.24) is 14.9 Å². The predicted molar refractivity (Wildman–Crippen MR) is 83.3 cm³/mol. The lowest BCUT2D eigenvalue weighted by molar-refractivity contribution is -0.135. The Morgan fingerprint density at radius 3 is 2.54 bits per heavy atom. The summed E-state index contributed by atoms with van der Waals surface area (Å²) in [6.45, 7) is 1.49. The maximum atomic E-state index is 10.4. The molecular formula is C14H22N4O6. The molecule has 24 heavy (non-hydrogen) atoms. The maximum Gasteiger partial charge on any atom is 0.322 e. The minimum Gasteiger partial charge on any atom is -0.483 e. The summed E-state index contributed by atoms with van der Waals surface area (Å²) in [7, 11) is 0. The number of β-amino-alcohol motifs (C(OH)–C–C–N with tert-alkyl or cyclic N) is 1. The maximum absolute atomic E-state index is 10.4. The lowest BCUT2D eigenvalue weighted by Crippen LogP contribution is -2.44. The number of hydrogen-bond donors (Lipinski definition) is 5. The lowest BCUT2D eigenvalue weighted by Gasteiger charge is -2.34. The summed E-state index contributed by atoms with van der Waals surface area (Å²) in [4.78, 5) is 29.0. The highest BCUT2D eigenvalue weighted by Gasteiger charge is 2.26. The van der Waals surface area contributed by atoms with Crippen LogP contribution in [0.4, 0.5) is 5.95 Å². The van der Waals surface area contributed by atoms with Gasteiger partial charge in [-0.1, -0.05) is 0 Å². The van der Waals surface area contributed by atoms with Crippen molar-refractivity contribution < 1.29 is 30.0 Å². The number of carboxylic acid groups (broad SMARTS) is 2. The highest BCUT2D eigenvalue weighted by molar-refractivity contribution is 5.71. The Morgan fingerprint density at radius 1 is 1.42 bits per heavy atom. The first kappa shape index (κ1) is 19.7. The van der Waals surface area contributed by atoms with E-state index in [1.807, 2.05) is 0 Å². The molecule has 0 radical (unpaired) electrons. The van der Waals surface area contributed by atoms with Crippen molar-refractivity contribution >= 4 is 18.4 Å². The van der Waals surface area contributed by atoms with Crippen molar-refractivity contribution in [3.05, 3.63) is 18.0 Å². The van der Waals surface area contributed by atoms with Crippen LogP contribution in [0.25, 0.3) is 0 Å². The highest BCUT2D eigenvalue weighted by Crippen LogP contribution is 2.18. The summed E-state index contributed by atoms with van der Waals surface area (Å²) in [6, 6.07) is 0. The summed E-state index contributed by atoms with van der Waals surface area (Å²) in [6.07, 6.45) is 3.53. The van der Waals surface area contributed by atoms with Crippen molar-refractivity contribution in [2.24, 2.45) is 5.92 Å². The SMILES string of the molecule is O=C(O)CNc1ncc(CN2CC[C@H](CO)[C@H](O)C2)cn1.O=CO. The summed E-state index contributed by atoms with van der Waals surface area (Å²) in [5.41, 5.74) is 0.894. The summed E-state index contributed by atoms with van der Waals surface area (Å²) >= 11 is 0. The second kappa shape index (κ2) is 10.5. The Bertz CT molecular complexity index is 512. The number of rotatable bonds is 6. The smallest absolute Gasteiger partial charge is 0.322 e. The van der Waals surface area contributed by atoms with Gasteiger partial charge < -0.3 is 25.7 Å². The number of hydrogen-bond acceptors (Lipinski definition) is 8. The van der Waals surface area contributed by atoms with Gasteiger partial charge in [0.15, 0.2) is 0 Å². The number of piperidine rings is 1. The standard InChI is InChI=1S/C13H20N4O4.CH2O2/c18-8-10-1-2-17(7-11(10)19)6-9-3-14-13(15-4-9)16-5-12(20)21;2-1-3/h3-4,10-11,18-19H,1-2,5-8H2,(H,20,21)(H,14,15,16);1H,(H,2,3)/t10-,11-;/m1./s1. The Kier molecular flexibility index (Phi) is 8.61. The Hall–Kier alpha value is -2.30. The molecule has 0 bridgehead atoms. The first-order valence-corrected chi connectivity index (χ1v) is 7.35. The van der Waals surface area contributed by atoms with Crippen LogP contribution in [-0.2, 0) is 16.1 Å². The second-order valence-electron chi connectivity index (χ2n) is 5.30. The Morgan fingerprint density at radius 2 is 2.04 bits per heavy atom. The van der Waals surface area contributed by atoms with Crippen LogP contribution >= 0.6 is 0 Å². The zero-order valence-corrected chi connectivity index (χ0v) is 13.1. The number of aliphatic hydroxyl groups excluding tert-OH is 2. The number of nitrogens with zero attached hydrogens (tertiary/aromatic N) is 3. The quantitative estimate of drug-likeness (QED) is 0.400. The Labute approximate surface area is 138 Å². The molecule has 10 nitrogen and oxygen atoms in total. The van der Waals surface area contributed by atoms with Crippen molar-refractivity contribution in [2.45, 2.75) is 19.1 Å². The van der Waals surface area contributed by atoms with Gasteiger partial charge in [0.25, 0.3) is 6.47 Å². The van der Waals surface area contributed by atoms with E-state index >= 15 is 0 Å². The first-order valence-electron chi connectivity index (χ1n) is 7.35. The predicted octanol–water partition coefficient (Wildman–Crippen LogP) is -1.15. The van der Waals surface area contributed by atoms with Crippen LogP contribution in [0.15, 0.2) is 12.4 Å². The van der Waals surface area contributed by atoms with Crippen molar-refractivity contribution in [3.8, 4) is 0 Å². The highest BCUT2D eigenvalue weighted by atomic mass is 16.4. The van der Waals surface area contributed by atoms with Crippen LogP contribution in [0.2, 0.25) is 0 Å². The number of anilines is 1. The van der Waals surface area contributed by atoms with Gasteiger partial charge in [-0.3, -0.25) is 14.5 Å². The largest absolute Gasteiger partial charge is 0.483 e. The van der Waals surface area contributed by atoms with Gasteiger partial charge in [0.05, 0.1) is 6.10 Å². The minimum atomic E-state index is -0.969. The summed E-state index contributed by atoms with van der Waals surface area (Å²) < 4.78 is 0. The van der Waals surface area contributed by atoms with E-state index in [0.717, 1.165) is 18.5 Å². The normalized spacial score (nSPS) is 20.6. The molecule has 10 heteroatoms. The van der Waals surface area contributed by atoms with Crippen LogP contribution in [0.3, 0.4) is 0 Å². The molecule has 1 saturated heterocycles. The number of aromatic nitrogens is 2. The van der Waals surface area contributed by atoms with Crippen molar-refractivity contribution in [1.29, 1.82) is 0 Å². The van der Waals surface area contributed by atoms with Crippen LogP contribution in [0.5, 0.6) is 0 Å². The molecule has 1 aromatic rings. The second-order valence-corrected chi connectivity index (χ2v) is 5.30. The fourth-order valence-electron chi connectivity index (χ4n) is 2.34. The number of likely N-dealkylation sites (tertiary alicyclic amines) is 1.